The quantitative estimate of drug-likeness (QED) is 0.627. The molecular formula is C18H18N6O2. The molecule has 0 spiro atoms. The first kappa shape index (κ1) is 17.2. The van der Waals surface area contributed by atoms with Gasteiger partial charge in [0, 0.05) is 18.3 Å². The lowest BCUT2D eigenvalue weighted by Crippen LogP contribution is -2.06. The standard InChI is InChI=1S/C18H18N6O2/c1-12(25)20-13-6-5-7-14(10-13)21-18-23-17(11-19-24-18)22-15-8-3-4-9-16(15)26-2/h3-11H,1-2H3,(H,20,25)(H2,21,22,23,24). The molecule has 0 unspecified atom stereocenters. The van der Waals surface area contributed by atoms with Crippen LogP contribution >= 0.6 is 0 Å². The summed E-state index contributed by atoms with van der Waals surface area (Å²) in [5, 5.41) is 16.9. The number of ether oxygens (including phenoxy) is 1. The number of carbonyl (C=O) groups excluding carboxylic acids is 1. The molecule has 0 atom stereocenters. The van der Waals surface area contributed by atoms with Crippen LogP contribution in [0, 0.1) is 0 Å². The summed E-state index contributed by atoms with van der Waals surface area (Å²) in [6.07, 6.45) is 1.52. The maximum Gasteiger partial charge on any atom is 0.249 e. The maximum absolute atomic E-state index is 11.2. The fourth-order valence-corrected chi connectivity index (χ4v) is 2.31. The summed E-state index contributed by atoms with van der Waals surface area (Å²) in [5.74, 6) is 1.40. The molecule has 0 aliphatic carbocycles. The van der Waals surface area contributed by atoms with Crippen LogP contribution in [0.15, 0.2) is 54.7 Å². The fraction of sp³-hybridized carbons (Fsp3) is 0.111. The van der Waals surface area contributed by atoms with Crippen molar-refractivity contribution in [3.05, 3.63) is 54.7 Å². The van der Waals surface area contributed by atoms with Crippen LogP contribution < -0.4 is 20.7 Å². The smallest absolute Gasteiger partial charge is 0.249 e. The van der Waals surface area contributed by atoms with Crippen LogP contribution in [0.4, 0.5) is 28.8 Å². The second-order valence-electron chi connectivity index (χ2n) is 5.38. The number of amides is 1. The minimum atomic E-state index is -0.136. The van der Waals surface area contributed by atoms with Crippen molar-refractivity contribution in [1.29, 1.82) is 0 Å². The largest absolute Gasteiger partial charge is 0.495 e. The van der Waals surface area contributed by atoms with Gasteiger partial charge in [-0.3, -0.25) is 4.79 Å². The van der Waals surface area contributed by atoms with E-state index in [1.165, 1.54) is 13.1 Å². The lowest BCUT2D eigenvalue weighted by Gasteiger charge is -2.11. The van der Waals surface area contributed by atoms with Gasteiger partial charge < -0.3 is 20.7 Å². The highest BCUT2D eigenvalue weighted by atomic mass is 16.5. The first-order valence-electron chi connectivity index (χ1n) is 7.88. The molecule has 0 aliphatic rings. The minimum absolute atomic E-state index is 0.136. The highest BCUT2D eigenvalue weighted by Crippen LogP contribution is 2.26. The summed E-state index contributed by atoms with van der Waals surface area (Å²) in [6, 6.07) is 14.8. The predicted molar refractivity (Wildman–Crippen MR) is 100 cm³/mol. The Balaban J connectivity index is 1.76. The number of nitrogens with one attached hydrogen (secondary N) is 3. The van der Waals surface area contributed by atoms with E-state index >= 15 is 0 Å². The molecule has 3 aromatic rings. The van der Waals surface area contributed by atoms with Gasteiger partial charge in [0.25, 0.3) is 0 Å². The van der Waals surface area contributed by atoms with Crippen molar-refractivity contribution >= 4 is 34.7 Å². The molecule has 8 nitrogen and oxygen atoms in total. The number of anilines is 5. The molecule has 3 N–H and O–H groups in total. The van der Waals surface area contributed by atoms with Gasteiger partial charge in [0.05, 0.1) is 19.0 Å². The molecule has 0 bridgehead atoms. The van der Waals surface area contributed by atoms with Crippen molar-refractivity contribution in [2.75, 3.05) is 23.1 Å². The number of nitrogens with zero attached hydrogens (tertiary/aromatic N) is 3. The Morgan fingerprint density at radius 1 is 1.04 bits per heavy atom. The first-order valence-corrected chi connectivity index (χ1v) is 7.88. The van der Waals surface area contributed by atoms with Crippen molar-refractivity contribution < 1.29 is 9.53 Å². The monoisotopic (exact) mass is 350 g/mol. The van der Waals surface area contributed by atoms with E-state index in [0.29, 0.717) is 23.2 Å². The number of methoxy groups -OCH3 is 1. The number of benzene rings is 2. The zero-order chi connectivity index (χ0) is 18.4. The van der Waals surface area contributed by atoms with Crippen LogP contribution in [0.1, 0.15) is 6.92 Å². The van der Waals surface area contributed by atoms with Crippen molar-refractivity contribution in [2.24, 2.45) is 0 Å². The van der Waals surface area contributed by atoms with Gasteiger partial charge in [0.1, 0.15) is 5.75 Å². The average Bonchev–Trinajstić information content (AvgIpc) is 2.62. The van der Waals surface area contributed by atoms with Crippen molar-refractivity contribution in [3.63, 3.8) is 0 Å². The number of rotatable bonds is 6. The Labute approximate surface area is 150 Å². The highest BCUT2D eigenvalue weighted by Gasteiger charge is 2.06. The molecule has 0 radical (unpaired) electrons. The van der Waals surface area contributed by atoms with Crippen molar-refractivity contribution in [1.82, 2.24) is 15.2 Å². The van der Waals surface area contributed by atoms with Crippen molar-refractivity contribution in [2.45, 2.75) is 6.92 Å². The molecule has 0 saturated carbocycles. The fourth-order valence-electron chi connectivity index (χ4n) is 2.31. The molecule has 26 heavy (non-hydrogen) atoms. The van der Waals surface area contributed by atoms with Gasteiger partial charge in [0.2, 0.25) is 11.9 Å². The van der Waals surface area contributed by atoms with Gasteiger partial charge in [-0.15, -0.1) is 5.10 Å². The molecule has 1 heterocycles. The Hall–Kier alpha value is -3.68. The molecule has 0 saturated heterocycles. The van der Waals surface area contributed by atoms with E-state index in [1.54, 1.807) is 19.2 Å². The van der Waals surface area contributed by atoms with Gasteiger partial charge in [-0.25, -0.2) is 0 Å². The second-order valence-corrected chi connectivity index (χ2v) is 5.38. The predicted octanol–water partition coefficient (Wildman–Crippen LogP) is 3.33. The molecule has 1 aromatic heterocycles. The van der Waals surface area contributed by atoms with E-state index in [1.807, 2.05) is 36.4 Å². The molecule has 2 aromatic carbocycles. The summed E-state index contributed by atoms with van der Waals surface area (Å²) in [5.41, 5.74) is 2.18. The third-order valence-corrected chi connectivity index (χ3v) is 3.37. The van der Waals surface area contributed by atoms with Crippen LogP contribution in [0.5, 0.6) is 5.75 Å². The molecule has 1 amide bonds. The molecular weight excluding hydrogens is 332 g/mol. The summed E-state index contributed by atoms with van der Waals surface area (Å²) in [4.78, 5) is 15.6. The van der Waals surface area contributed by atoms with Gasteiger partial charge in [-0.1, -0.05) is 18.2 Å². The molecule has 8 heteroatoms. The van der Waals surface area contributed by atoms with E-state index in [-0.39, 0.29) is 5.91 Å². The van der Waals surface area contributed by atoms with Crippen LogP contribution in [0.3, 0.4) is 0 Å². The van der Waals surface area contributed by atoms with E-state index in [9.17, 15) is 4.79 Å². The Kier molecular flexibility index (Phi) is 5.23. The molecule has 0 fully saturated rings. The second kappa shape index (κ2) is 7.93. The zero-order valence-corrected chi connectivity index (χ0v) is 14.4. The number of aromatic nitrogens is 3. The number of para-hydroxylation sites is 2. The lowest BCUT2D eigenvalue weighted by atomic mass is 10.3. The normalized spacial score (nSPS) is 10.1. The third kappa shape index (κ3) is 4.44. The SMILES string of the molecule is COc1ccccc1Nc1cnnc(Nc2cccc(NC(C)=O)c2)n1. The molecule has 0 aliphatic heterocycles. The Morgan fingerprint density at radius 2 is 1.85 bits per heavy atom. The van der Waals surface area contributed by atoms with Crippen LogP contribution in [0.2, 0.25) is 0 Å². The first-order chi connectivity index (χ1) is 12.6. The zero-order valence-electron chi connectivity index (χ0n) is 14.4. The van der Waals surface area contributed by atoms with E-state index in [2.05, 4.69) is 31.1 Å². The van der Waals surface area contributed by atoms with Crippen LogP contribution in [-0.2, 0) is 4.79 Å². The third-order valence-electron chi connectivity index (χ3n) is 3.37. The van der Waals surface area contributed by atoms with E-state index in [0.717, 1.165) is 11.4 Å². The molecule has 132 valence electrons. The minimum Gasteiger partial charge on any atom is -0.495 e. The summed E-state index contributed by atoms with van der Waals surface area (Å²) >= 11 is 0. The van der Waals surface area contributed by atoms with Crippen LogP contribution in [-0.4, -0.2) is 28.2 Å². The highest BCUT2D eigenvalue weighted by molar-refractivity contribution is 5.89. The molecule has 3 rings (SSSR count). The van der Waals surface area contributed by atoms with Crippen LogP contribution in [0.25, 0.3) is 0 Å². The maximum atomic E-state index is 11.2. The van der Waals surface area contributed by atoms with Gasteiger partial charge in [-0.05, 0) is 30.3 Å². The Bertz CT molecular complexity index is 915. The van der Waals surface area contributed by atoms with Gasteiger partial charge >= 0.3 is 0 Å². The summed E-state index contributed by atoms with van der Waals surface area (Å²) in [7, 11) is 1.60. The summed E-state index contributed by atoms with van der Waals surface area (Å²) < 4.78 is 5.31. The number of hydrogen-bond acceptors (Lipinski definition) is 7. The van der Waals surface area contributed by atoms with Crippen molar-refractivity contribution in [3.8, 4) is 5.75 Å². The topological polar surface area (TPSA) is 101 Å². The number of hydrogen-bond donors (Lipinski definition) is 3. The average molecular weight is 350 g/mol. The number of carbonyl (C=O) groups is 1. The lowest BCUT2D eigenvalue weighted by molar-refractivity contribution is -0.114. The summed E-state index contributed by atoms with van der Waals surface area (Å²) in [6.45, 7) is 1.46. The van der Waals surface area contributed by atoms with Gasteiger partial charge in [-0.2, -0.15) is 10.1 Å². The van der Waals surface area contributed by atoms with E-state index < -0.39 is 0 Å². The van der Waals surface area contributed by atoms with Gasteiger partial charge in [0.15, 0.2) is 5.82 Å². The Morgan fingerprint density at radius 3 is 2.65 bits per heavy atom. The van der Waals surface area contributed by atoms with E-state index in [4.69, 9.17) is 4.74 Å².